The van der Waals surface area contributed by atoms with Crippen LogP contribution in [-0.2, 0) is 84.9 Å². The molecule has 6 aromatic rings. The van der Waals surface area contributed by atoms with Crippen LogP contribution in [0.3, 0.4) is 0 Å². The minimum absolute atomic E-state index is 0. The third-order valence-electron chi connectivity index (χ3n) is 17.7. The number of ether oxygens (including phenoxy) is 3. The number of benzene rings is 6. The van der Waals surface area contributed by atoms with E-state index in [4.69, 9.17) is 97.9 Å². The molecular formula is C74H101CaCl3F3I6N12O17S3+. The summed E-state index contributed by atoms with van der Waals surface area (Å²) < 4.78 is 97.1. The SMILES string of the molecule is C[C@@H]1CN(Cc2ccc(F)cc2)[C@@H](C)CN1C(=O)COc1ccc(Cl)cc1CS(=O)(=O)O.C[C@@H]1CN(Cc2ccc(F)cc2)[C@@H](C)CN1C(=O)COc1ccc(Cl)cc1CSOOO.C[C@@H]1CN(Cc2ccc(F)cc2)[C@@H](C)CN1C(=O)COc1ccc(Cl)cc1CSOOO.I.II.I[I-]I.NC(N)=NCCC[C@H](N)C(=O)O.NCCN.[Ca+2]. The standard InChI is InChI=1S/3C22H26ClFN2O5S.C6H14N4O2.C2H8N2.Ca.I3.I2.HI/c1-15-11-26(16(2)10-25(15)12-17-3-6-20(24)7-4-17)22(27)13-31-21-8-5-19(23)9-18(21)14-32(28,29)30;2*1-15-11-26(16(2)10-25(15)12-17-3-6-20(24)7-4-17)22(27)13-29-21-8-5-19(23)9-18(21)14-32-31-30-28;7-4(5(11)12)2-1-3-10-6(8)9;3-1-2-4;;1-3-2;1-2;/h3-9,15-16H,10-14H2,1-2H3,(H,28,29,30);2*3-9,15-16,28H,10-14H2,1-2H3;4H,1-3,7H2,(H,11,12)(H4,8,9,10);1-4H2;;;;1H/q;;;;;+2;-1;;/t3*15-,16+;4-;;;;;/m0000...../s1. The molecule has 0 spiro atoms. The first-order chi connectivity index (χ1) is 55.6. The molecule has 6 aromatic carbocycles. The number of nitrogens with zero attached hydrogens (tertiary/aromatic N) is 7. The maximum absolute atomic E-state index is 13.2. The second kappa shape index (κ2) is 64.1. The first-order valence-corrected chi connectivity index (χ1v) is 59.2. The second-order valence-corrected chi connectivity index (χ2v) is 46.9. The zero-order chi connectivity index (χ0) is 87.3. The van der Waals surface area contributed by atoms with Crippen molar-refractivity contribution in [3.05, 3.63) is 193 Å². The number of carbonyl (C=O) groups excluding carboxylic acids is 3. The summed E-state index contributed by atoms with van der Waals surface area (Å²) in [5.41, 5.74) is 29.8. The van der Waals surface area contributed by atoms with E-state index in [0.717, 1.165) is 40.8 Å². The number of piperazine rings is 3. The molecular weight excluding hydrogens is 2390 g/mol. The number of guanidine groups is 1. The Morgan fingerprint density at radius 1 is 0.546 bits per heavy atom. The van der Waals surface area contributed by atoms with Gasteiger partial charge in [-0.2, -0.15) is 8.42 Å². The summed E-state index contributed by atoms with van der Waals surface area (Å²) in [7, 11) is -4.29. The number of nitrogens with two attached hydrogens (primary N) is 5. The van der Waals surface area contributed by atoms with Gasteiger partial charge in [0.2, 0.25) is 0 Å². The Bertz CT molecular complexity index is 3950. The van der Waals surface area contributed by atoms with Gasteiger partial charge in [-0.15, -0.1) is 32.6 Å². The Hall–Kier alpha value is -1.70. The van der Waals surface area contributed by atoms with Crippen molar-refractivity contribution in [2.75, 3.05) is 78.7 Å². The topological polar surface area (TPSA) is 410 Å². The molecule has 0 saturated carbocycles. The van der Waals surface area contributed by atoms with E-state index >= 15 is 0 Å². The number of aliphatic carboxylic acids is 1. The molecule has 3 amide bonds. The Balaban J connectivity index is 0.000000790. The monoisotopic (exact) mass is 2490 g/mol. The summed E-state index contributed by atoms with van der Waals surface area (Å²) in [6.07, 6.45) is 0.956. The van der Waals surface area contributed by atoms with Crippen LogP contribution in [0, 0.1) is 17.5 Å². The van der Waals surface area contributed by atoms with Crippen molar-refractivity contribution < 1.29 is 107 Å². The fourth-order valence-corrected chi connectivity index (χ4v) is 14.0. The van der Waals surface area contributed by atoms with Crippen LogP contribution in [0.1, 0.15) is 87.8 Å². The van der Waals surface area contributed by atoms with Crippen LogP contribution in [0.2, 0.25) is 15.1 Å². The normalized spacial score (nSPS) is 17.3. The van der Waals surface area contributed by atoms with Crippen LogP contribution >= 0.6 is 157 Å². The van der Waals surface area contributed by atoms with E-state index in [1.165, 1.54) is 54.6 Å². The fourth-order valence-electron chi connectivity index (χ4n) is 11.9. The van der Waals surface area contributed by atoms with E-state index in [1.807, 2.05) is 37.5 Å². The van der Waals surface area contributed by atoms with E-state index in [-0.39, 0.29) is 170 Å². The molecule has 119 heavy (non-hydrogen) atoms. The molecule has 0 aromatic heterocycles. The van der Waals surface area contributed by atoms with E-state index < -0.39 is 27.9 Å². The minimum Gasteiger partial charge on any atom is -0.480 e. The number of carboxylic acid groups (broad SMARTS) is 1. The first kappa shape index (κ1) is 115. The van der Waals surface area contributed by atoms with Crippen molar-refractivity contribution in [2.24, 2.45) is 33.7 Å². The van der Waals surface area contributed by atoms with E-state index in [0.29, 0.717) is 154 Å². The Kier molecular flexibility index (Phi) is 62.1. The van der Waals surface area contributed by atoms with Crippen LogP contribution < -0.4 is 56.1 Å². The van der Waals surface area contributed by atoms with Crippen LogP contribution in [0.5, 0.6) is 17.2 Å². The van der Waals surface area contributed by atoms with Gasteiger partial charge < -0.3 is 62.7 Å². The zero-order valence-corrected chi connectivity index (χ0v) is 86.0. The van der Waals surface area contributed by atoms with Gasteiger partial charge in [-0.1, -0.05) is 81.3 Å². The molecule has 0 unspecified atom stereocenters. The van der Waals surface area contributed by atoms with Gasteiger partial charge >= 0.3 is 94.2 Å². The first-order valence-electron chi connectivity index (χ1n) is 35.8. The van der Waals surface area contributed by atoms with Crippen molar-refractivity contribution >= 4 is 235 Å². The minimum atomic E-state index is -4.29. The van der Waals surface area contributed by atoms with Crippen LogP contribution in [0.15, 0.2) is 132 Å². The van der Waals surface area contributed by atoms with Gasteiger partial charge in [0.05, 0.1) is 11.5 Å². The van der Waals surface area contributed by atoms with Gasteiger partial charge in [0.15, 0.2) is 25.8 Å². The molecule has 29 nitrogen and oxygen atoms in total. The number of aliphatic imine (C=N–C) groups is 1. The number of halogens is 12. The van der Waals surface area contributed by atoms with Gasteiger partial charge in [0.25, 0.3) is 27.8 Å². The quantitative estimate of drug-likeness (QED) is 0.00225. The third kappa shape index (κ3) is 46.2. The number of carbonyl (C=O) groups is 4. The zero-order valence-electron chi connectivity index (χ0n) is 65.9. The van der Waals surface area contributed by atoms with Gasteiger partial charge in [-0.25, -0.2) is 23.7 Å². The molecule has 3 heterocycles. The number of rotatable bonds is 31. The predicted molar refractivity (Wildman–Crippen MR) is 502 cm³/mol. The molecule has 662 valence electrons. The van der Waals surface area contributed by atoms with Crippen LogP contribution in [0.4, 0.5) is 13.2 Å². The van der Waals surface area contributed by atoms with Crippen molar-refractivity contribution in [1.82, 2.24) is 29.4 Å². The second-order valence-electron chi connectivity index (χ2n) is 26.6. The van der Waals surface area contributed by atoms with E-state index in [9.17, 15) is 40.8 Å². The molecule has 14 N–H and O–H groups in total. The average Bonchev–Trinajstić information content (AvgIpc) is 0.826. The number of hydrogen-bond donors (Lipinski definition) is 9. The van der Waals surface area contributed by atoms with Crippen LogP contribution in [-0.4, -0.2) is 246 Å². The van der Waals surface area contributed by atoms with Gasteiger partial charge in [-0.05, 0) is 162 Å². The third-order valence-corrected chi connectivity index (χ3v) is 20.3. The van der Waals surface area contributed by atoms with Gasteiger partial charge in [0.1, 0.15) is 46.5 Å². The average molecular weight is 2490 g/mol. The summed E-state index contributed by atoms with van der Waals surface area (Å²) in [5.74, 6) is -1.04. The molecule has 0 bridgehead atoms. The molecule has 9 rings (SSSR count). The molecule has 3 aliphatic rings. The summed E-state index contributed by atoms with van der Waals surface area (Å²) in [6, 6.07) is 33.5. The van der Waals surface area contributed by atoms with E-state index in [2.05, 4.69) is 127 Å². The Morgan fingerprint density at radius 2 is 0.840 bits per heavy atom. The van der Waals surface area contributed by atoms with Crippen molar-refractivity contribution in [3.8, 4) is 17.2 Å². The molecule has 0 aliphatic carbocycles. The fraction of sp³-hybridized carbons (Fsp3) is 0.446. The molecule has 45 heteroatoms. The maximum Gasteiger partial charge on any atom is 2.00 e. The van der Waals surface area contributed by atoms with Crippen molar-refractivity contribution in [3.63, 3.8) is 0 Å². The largest absolute Gasteiger partial charge is 2.00 e. The Morgan fingerprint density at radius 3 is 1.11 bits per heavy atom. The number of hydrogen-bond acceptors (Lipinski definition) is 24. The van der Waals surface area contributed by atoms with Gasteiger partial charge in [-0.3, -0.25) is 43.4 Å². The summed E-state index contributed by atoms with van der Waals surface area (Å²) >= 11 is 29.3. The number of carboxylic acids is 1. The summed E-state index contributed by atoms with van der Waals surface area (Å²) in [4.78, 5) is 64.8. The molecule has 0 radical (unpaired) electrons. The number of amides is 3. The molecule has 3 saturated heterocycles. The maximum atomic E-state index is 13.2. The van der Waals surface area contributed by atoms with Gasteiger partial charge in [0, 0.05) is 208 Å². The smallest absolute Gasteiger partial charge is 0.480 e. The van der Waals surface area contributed by atoms with Crippen molar-refractivity contribution in [1.29, 1.82) is 0 Å². The molecule has 7 atom stereocenters. The molecule has 3 aliphatic heterocycles. The summed E-state index contributed by atoms with van der Waals surface area (Å²) in [5, 5.41) is 33.4. The predicted octanol–water partition coefficient (Wildman–Crippen LogP) is 10.6. The van der Waals surface area contributed by atoms with Crippen LogP contribution in [0.25, 0.3) is 0 Å². The van der Waals surface area contributed by atoms with Crippen molar-refractivity contribution in [2.45, 2.75) is 134 Å². The summed E-state index contributed by atoms with van der Waals surface area (Å²) in [6.45, 7) is 19.1. The Labute approximate surface area is 817 Å². The molecule has 3 fully saturated rings. The van der Waals surface area contributed by atoms with E-state index in [1.54, 1.807) is 77.7 Å².